The van der Waals surface area contributed by atoms with Crippen LogP contribution in [0.3, 0.4) is 0 Å². The average Bonchev–Trinajstić information content (AvgIpc) is 1.49. The highest BCUT2D eigenvalue weighted by molar-refractivity contribution is 9.10. The number of fused-ring (bicyclic) bond motifs is 3. The number of thioether (sulfide) groups is 1. The van der Waals surface area contributed by atoms with Gasteiger partial charge in [0.2, 0.25) is 0 Å². The molecular weight excluding hydrogens is 1620 g/mol. The van der Waals surface area contributed by atoms with E-state index in [2.05, 4.69) is 52.9 Å². The Balaban J connectivity index is 0.000000137. The maximum Gasteiger partial charge on any atom is 0.494 e. The molecule has 0 saturated carbocycles. The summed E-state index contributed by atoms with van der Waals surface area (Å²) in [5.41, 5.74) is 6.57. The lowest BCUT2D eigenvalue weighted by molar-refractivity contribution is 0.00578. The molecule has 0 unspecified atom stereocenters. The highest BCUT2D eigenvalue weighted by Crippen LogP contribution is 2.38. The molecular formula is C78H60BBr2Cl3N12O9S3. The molecule has 1 aliphatic rings. The molecule has 0 bridgehead atoms. The molecule has 108 heavy (non-hydrogen) atoms. The van der Waals surface area contributed by atoms with Crippen molar-refractivity contribution in [3.05, 3.63) is 292 Å². The van der Waals surface area contributed by atoms with Crippen molar-refractivity contribution >= 4 is 144 Å². The van der Waals surface area contributed by atoms with Gasteiger partial charge in [0, 0.05) is 75.2 Å². The van der Waals surface area contributed by atoms with Crippen LogP contribution in [0.15, 0.2) is 275 Å². The van der Waals surface area contributed by atoms with Crippen LogP contribution in [-0.2, 0) is 29.0 Å². The Morgan fingerprint density at radius 2 is 0.713 bits per heavy atom. The van der Waals surface area contributed by atoms with E-state index in [1.54, 1.807) is 129 Å². The molecule has 0 N–H and O–H groups in total. The van der Waals surface area contributed by atoms with Crippen LogP contribution in [0.2, 0.25) is 15.1 Å². The maximum absolute atomic E-state index is 14.0. The Labute approximate surface area is 655 Å². The van der Waals surface area contributed by atoms with Crippen LogP contribution in [0.1, 0.15) is 27.7 Å². The minimum atomic E-state index is -3.45. The standard InChI is InChI=1S/C30H28BClN4O5S.C24H16BrClN4O3S.C24H16BrClN4OS/c1-29(2)30(3,4)41-31(40-29)20-11-9-19(10-12-20)26-34-27-25(28(37)36(26)22-15-13-21(32)14-16-22)33-18-35(27)23-7-6-8-24(17-23)42(5,38)39;1-34(32,33)20-4-2-3-19(13-20)29-14-27-21-23(29)28-22(15-5-7-16(25)8-6-15)30(24(21)31)18-11-9-17(26)10-12-18;1-32-20-4-2-3-19(13-20)29-14-27-21-23(29)28-22(15-5-7-16(25)8-6-15)30(24(21)31)18-11-9-17(26)10-12-18/h6-18H,1-5H3;2-14H,1H3;2-14H,1H3. The minimum Gasteiger partial charge on any atom is -0.399 e. The van der Waals surface area contributed by atoms with Gasteiger partial charge in [-0.25, -0.2) is 46.7 Å². The number of hydrogen-bond donors (Lipinski definition) is 0. The molecule has 1 fully saturated rings. The van der Waals surface area contributed by atoms with Gasteiger partial charge < -0.3 is 9.31 Å². The first-order chi connectivity index (χ1) is 51.5. The third-order valence-electron chi connectivity index (χ3n) is 18.2. The van der Waals surface area contributed by atoms with Gasteiger partial charge in [-0.3, -0.25) is 41.8 Å². The molecule has 7 heterocycles. The molecule has 30 heteroatoms. The number of rotatable bonds is 13. The van der Waals surface area contributed by atoms with Crippen molar-refractivity contribution < 1.29 is 26.1 Å². The van der Waals surface area contributed by atoms with Crippen molar-refractivity contribution in [2.24, 2.45) is 0 Å². The molecule has 0 aliphatic carbocycles. The Hall–Kier alpha value is -9.91. The first kappa shape index (κ1) is 74.9. The number of aromatic nitrogens is 12. The van der Waals surface area contributed by atoms with Crippen LogP contribution in [0, 0.1) is 0 Å². The summed E-state index contributed by atoms with van der Waals surface area (Å²) in [6.07, 6.45) is 8.91. The summed E-state index contributed by atoms with van der Waals surface area (Å²) in [6.45, 7) is 8.00. The van der Waals surface area contributed by atoms with E-state index in [0.717, 1.165) is 48.6 Å². The van der Waals surface area contributed by atoms with Gasteiger partial charge in [-0.15, -0.1) is 11.8 Å². The van der Waals surface area contributed by atoms with Crippen LogP contribution < -0.4 is 22.1 Å². The molecule has 0 atom stereocenters. The molecule has 21 nitrogen and oxygen atoms in total. The number of nitrogens with zero attached hydrogens (tertiary/aromatic N) is 12. The third-order valence-corrected chi connectivity index (χ3v) is 23.0. The molecule has 6 aromatic heterocycles. The van der Waals surface area contributed by atoms with Crippen LogP contribution in [0.4, 0.5) is 0 Å². The highest BCUT2D eigenvalue weighted by atomic mass is 79.9. The molecule has 542 valence electrons. The summed E-state index contributed by atoms with van der Waals surface area (Å²) in [5.74, 6) is 1.31. The van der Waals surface area contributed by atoms with E-state index in [-0.39, 0.29) is 37.5 Å². The van der Waals surface area contributed by atoms with Gasteiger partial charge in [0.15, 0.2) is 53.2 Å². The normalized spacial score (nSPS) is 13.4. The van der Waals surface area contributed by atoms with Crippen LogP contribution >= 0.6 is 78.4 Å². The minimum absolute atomic E-state index is 0.132. The van der Waals surface area contributed by atoms with E-state index in [9.17, 15) is 31.2 Å². The number of halogens is 5. The summed E-state index contributed by atoms with van der Waals surface area (Å²) in [4.78, 5) is 70.5. The lowest BCUT2D eigenvalue weighted by Gasteiger charge is -2.32. The Morgan fingerprint density at radius 1 is 0.407 bits per heavy atom. The Kier molecular flexibility index (Phi) is 20.8. The Bertz CT molecular complexity index is 6430. The SMILES string of the molecule is CC1(C)OB(c2ccc(-c3nc4c(ncn4-c4cccc(S(C)(=O)=O)c4)c(=O)n3-c3ccc(Cl)cc3)cc2)OC1(C)C.CS(=O)(=O)c1cccc(-n2cnc3c(=O)n(-c4ccc(Cl)cc4)c(-c4ccc(Br)cc4)nc32)c1.CSc1cccc(-n2cnc3c(=O)n(-c4ccc(Cl)cc4)c(-c4ccc(Br)cc4)nc32)c1. The monoisotopic (exact) mass is 1680 g/mol. The van der Waals surface area contributed by atoms with Gasteiger partial charge in [-0.1, -0.05) is 133 Å². The zero-order valence-electron chi connectivity index (χ0n) is 58.2. The van der Waals surface area contributed by atoms with Gasteiger partial charge in [-0.2, -0.15) is 0 Å². The van der Waals surface area contributed by atoms with Crippen LogP contribution in [0.25, 0.3) is 102 Å². The summed E-state index contributed by atoms with van der Waals surface area (Å²) in [6, 6.07) is 64.5. The maximum atomic E-state index is 14.0. The molecule has 1 saturated heterocycles. The van der Waals surface area contributed by atoms with Gasteiger partial charge >= 0.3 is 7.12 Å². The van der Waals surface area contributed by atoms with Crippen molar-refractivity contribution in [1.29, 1.82) is 0 Å². The number of benzene rings is 9. The molecule has 0 spiro atoms. The van der Waals surface area contributed by atoms with Crippen molar-refractivity contribution in [3.8, 4) is 68.3 Å². The quantitative estimate of drug-likeness (QED) is 0.0769. The van der Waals surface area contributed by atoms with Crippen molar-refractivity contribution in [1.82, 2.24) is 57.3 Å². The van der Waals surface area contributed by atoms with Gasteiger partial charge in [0.25, 0.3) is 16.7 Å². The second-order valence-corrected chi connectivity index (χ2v) is 34.0. The van der Waals surface area contributed by atoms with Crippen molar-refractivity contribution in [3.63, 3.8) is 0 Å². The van der Waals surface area contributed by atoms with Crippen LogP contribution in [-0.4, -0.2) is 111 Å². The zero-order valence-corrected chi connectivity index (χ0v) is 66.1. The third kappa shape index (κ3) is 15.1. The average molecular weight is 1680 g/mol. The highest BCUT2D eigenvalue weighted by Gasteiger charge is 2.51. The summed E-state index contributed by atoms with van der Waals surface area (Å²) < 4.78 is 72.4. The second-order valence-electron chi connectivity index (χ2n) is 26.0. The smallest absolute Gasteiger partial charge is 0.399 e. The molecule has 16 rings (SSSR count). The van der Waals surface area contributed by atoms with E-state index >= 15 is 0 Å². The van der Waals surface area contributed by atoms with E-state index < -0.39 is 38.0 Å². The second kappa shape index (κ2) is 29.9. The first-order valence-corrected chi connectivity index (χ1v) is 40.8. The lowest BCUT2D eigenvalue weighted by Crippen LogP contribution is -2.41. The van der Waals surface area contributed by atoms with Crippen molar-refractivity contribution in [2.45, 2.75) is 53.6 Å². The molecule has 15 aromatic rings. The van der Waals surface area contributed by atoms with Crippen LogP contribution in [0.5, 0.6) is 0 Å². The molecule has 9 aromatic carbocycles. The van der Waals surface area contributed by atoms with E-state index in [1.165, 1.54) is 46.1 Å². The topological polar surface area (TPSA) is 245 Å². The number of sulfone groups is 2. The largest absolute Gasteiger partial charge is 0.494 e. The van der Waals surface area contributed by atoms with Crippen molar-refractivity contribution in [2.75, 3.05) is 18.8 Å². The fraction of sp³-hybridized carbons (Fsp3) is 0.115. The molecule has 1 aliphatic heterocycles. The fourth-order valence-corrected chi connectivity index (χ4v) is 14.6. The summed E-state index contributed by atoms with van der Waals surface area (Å²) in [5, 5.41) is 1.68. The van der Waals surface area contributed by atoms with E-state index in [1.807, 2.05) is 130 Å². The first-order valence-electron chi connectivity index (χ1n) is 33.0. The van der Waals surface area contributed by atoms with Gasteiger partial charge in [0.1, 0.15) is 36.5 Å². The van der Waals surface area contributed by atoms with Gasteiger partial charge in [0.05, 0.1) is 38.1 Å². The van der Waals surface area contributed by atoms with Gasteiger partial charge in [-0.05, 0) is 191 Å². The van der Waals surface area contributed by atoms with E-state index in [0.29, 0.717) is 89.0 Å². The number of hydrogen-bond acceptors (Lipinski definition) is 16. The zero-order chi connectivity index (χ0) is 76.3. The lowest BCUT2D eigenvalue weighted by atomic mass is 9.79. The predicted octanol–water partition coefficient (Wildman–Crippen LogP) is 16.0. The molecule has 0 radical (unpaired) electrons. The summed E-state index contributed by atoms with van der Waals surface area (Å²) in [7, 11) is -7.41. The Morgan fingerprint density at radius 3 is 1.03 bits per heavy atom. The predicted molar refractivity (Wildman–Crippen MR) is 434 cm³/mol. The fourth-order valence-electron chi connectivity index (χ4n) is 11.9. The van der Waals surface area contributed by atoms with E-state index in [4.69, 9.17) is 59.1 Å². The summed E-state index contributed by atoms with van der Waals surface area (Å²) >= 11 is 26.8. The number of imidazole rings is 3. The molecule has 0 amide bonds.